The topological polar surface area (TPSA) is 65.0 Å². The van der Waals surface area contributed by atoms with Crippen LogP contribution in [-0.2, 0) is 18.1 Å². The normalized spacial score (nSPS) is 19.0. The van der Waals surface area contributed by atoms with Gasteiger partial charge in [-0.1, -0.05) is 6.08 Å². The molecule has 0 aliphatic carbocycles. The summed E-state index contributed by atoms with van der Waals surface area (Å²) < 4.78 is 24.8. The highest BCUT2D eigenvalue weighted by Gasteiger charge is 2.26. The van der Waals surface area contributed by atoms with Crippen molar-refractivity contribution in [3.63, 3.8) is 0 Å². The Bertz CT molecular complexity index is 188. The lowest BCUT2D eigenvalue weighted by Crippen LogP contribution is -2.05. The maximum absolute atomic E-state index is 11.3. The van der Waals surface area contributed by atoms with Gasteiger partial charge in [0.15, 0.2) is 6.29 Å². The van der Waals surface area contributed by atoms with Crippen molar-refractivity contribution >= 4 is 7.82 Å². The van der Waals surface area contributed by atoms with E-state index in [1.54, 1.807) is 6.92 Å². The van der Waals surface area contributed by atoms with Crippen LogP contribution in [0.25, 0.3) is 0 Å². The summed E-state index contributed by atoms with van der Waals surface area (Å²) in [5, 5.41) is 8.74. The smallest absolute Gasteiger partial charge is 0.412 e. The van der Waals surface area contributed by atoms with Gasteiger partial charge in [-0.3, -0.25) is 4.52 Å². The first-order valence-corrected chi connectivity index (χ1v) is 4.82. The van der Waals surface area contributed by atoms with Gasteiger partial charge in [0, 0.05) is 7.11 Å². The van der Waals surface area contributed by atoms with Gasteiger partial charge >= 0.3 is 7.82 Å². The molecule has 0 saturated heterocycles. The molecule has 0 fully saturated rings. The summed E-state index contributed by atoms with van der Waals surface area (Å²) in [6.45, 7) is 2.99. The van der Waals surface area contributed by atoms with Crippen molar-refractivity contribution in [3.8, 4) is 0 Å². The molecule has 1 N–H and O–H groups in total. The van der Waals surface area contributed by atoms with E-state index >= 15 is 0 Å². The maximum atomic E-state index is 11.3. The molecular formula is C6H13O5P. The van der Waals surface area contributed by atoms with Crippen LogP contribution in [0.5, 0.6) is 0 Å². The monoisotopic (exact) mass is 196 g/mol. The Morgan fingerprint density at radius 2 is 2.17 bits per heavy atom. The van der Waals surface area contributed by atoms with Crippen LogP contribution in [-0.4, -0.2) is 18.5 Å². The van der Waals surface area contributed by atoms with E-state index in [4.69, 9.17) is 5.11 Å². The van der Waals surface area contributed by atoms with E-state index < -0.39 is 14.1 Å². The lowest BCUT2D eigenvalue weighted by molar-refractivity contribution is -0.0255. The zero-order valence-electron chi connectivity index (χ0n) is 7.26. The van der Waals surface area contributed by atoms with Gasteiger partial charge in [0.2, 0.25) is 0 Å². The quantitative estimate of drug-likeness (QED) is 0.411. The maximum Gasteiger partial charge on any atom is 0.531 e. The van der Waals surface area contributed by atoms with Gasteiger partial charge < -0.3 is 9.63 Å². The first-order chi connectivity index (χ1) is 5.54. The van der Waals surface area contributed by atoms with Crippen LogP contribution in [0, 0.1) is 0 Å². The SMILES string of the molecule is CC=COP(=O)(OC)OC(C)O. The molecule has 0 spiro atoms. The summed E-state index contributed by atoms with van der Waals surface area (Å²) in [6, 6.07) is 0. The van der Waals surface area contributed by atoms with Gasteiger partial charge in [0.25, 0.3) is 0 Å². The Hall–Kier alpha value is -0.350. The van der Waals surface area contributed by atoms with Gasteiger partial charge in [-0.2, -0.15) is 0 Å². The fourth-order valence-corrected chi connectivity index (χ4v) is 1.30. The van der Waals surface area contributed by atoms with Crippen LogP contribution in [0.2, 0.25) is 0 Å². The molecule has 2 atom stereocenters. The average Bonchev–Trinajstić information content (AvgIpc) is 2.00. The third-order valence-electron chi connectivity index (χ3n) is 0.831. The molecule has 0 bridgehead atoms. The Labute approximate surface area is 71.6 Å². The molecule has 0 aromatic carbocycles. The molecule has 2 unspecified atom stereocenters. The molecule has 0 aromatic heterocycles. The molecule has 72 valence electrons. The van der Waals surface area contributed by atoms with Gasteiger partial charge in [-0.25, -0.2) is 9.09 Å². The summed E-state index contributed by atoms with van der Waals surface area (Å²) >= 11 is 0. The number of aliphatic hydroxyl groups excluding tert-OH is 1. The Morgan fingerprint density at radius 3 is 2.50 bits per heavy atom. The van der Waals surface area contributed by atoms with Crippen molar-refractivity contribution in [1.29, 1.82) is 0 Å². The summed E-state index contributed by atoms with van der Waals surface area (Å²) in [5.41, 5.74) is 0. The number of allylic oxidation sites excluding steroid dienone is 1. The molecule has 0 amide bonds. The Morgan fingerprint density at radius 1 is 1.58 bits per heavy atom. The van der Waals surface area contributed by atoms with Crippen LogP contribution in [0.3, 0.4) is 0 Å². The predicted molar refractivity (Wildman–Crippen MR) is 43.3 cm³/mol. The average molecular weight is 196 g/mol. The van der Waals surface area contributed by atoms with Crippen LogP contribution in [0.4, 0.5) is 0 Å². The summed E-state index contributed by atoms with van der Waals surface area (Å²) in [5.74, 6) is 0. The molecule has 5 nitrogen and oxygen atoms in total. The van der Waals surface area contributed by atoms with E-state index in [9.17, 15) is 4.57 Å². The number of hydrogen-bond donors (Lipinski definition) is 1. The minimum Gasteiger partial charge on any atom is -0.412 e. The number of aliphatic hydroxyl groups is 1. The molecule has 0 aliphatic rings. The van der Waals surface area contributed by atoms with Crippen LogP contribution < -0.4 is 0 Å². The van der Waals surface area contributed by atoms with E-state index in [0.29, 0.717) is 0 Å². The highest BCUT2D eigenvalue weighted by atomic mass is 31.2. The fraction of sp³-hybridized carbons (Fsp3) is 0.667. The molecule has 0 radical (unpaired) electrons. The summed E-state index contributed by atoms with van der Waals surface area (Å²) in [4.78, 5) is 0. The summed E-state index contributed by atoms with van der Waals surface area (Å²) in [7, 11) is -2.44. The molecule has 0 rings (SSSR count). The predicted octanol–water partition coefficient (Wildman–Crippen LogP) is 1.65. The van der Waals surface area contributed by atoms with E-state index in [-0.39, 0.29) is 0 Å². The first kappa shape index (κ1) is 11.6. The third kappa shape index (κ3) is 4.51. The molecule has 0 heterocycles. The highest BCUT2D eigenvalue weighted by molar-refractivity contribution is 7.48. The second-order valence-corrected chi connectivity index (χ2v) is 3.59. The van der Waals surface area contributed by atoms with Crippen LogP contribution in [0.15, 0.2) is 12.3 Å². The number of phosphoric acid groups is 1. The van der Waals surface area contributed by atoms with Crippen LogP contribution >= 0.6 is 7.82 Å². The minimum absolute atomic E-state index is 1.17. The second kappa shape index (κ2) is 5.32. The molecule has 0 aliphatic heterocycles. The van der Waals surface area contributed by atoms with Crippen molar-refractivity contribution in [2.45, 2.75) is 20.1 Å². The van der Waals surface area contributed by atoms with E-state index in [1.165, 1.54) is 26.4 Å². The van der Waals surface area contributed by atoms with Gasteiger partial charge in [-0.15, -0.1) is 0 Å². The molecule has 0 saturated carbocycles. The Balaban J connectivity index is 4.15. The lowest BCUT2D eigenvalue weighted by atomic mass is 10.8. The van der Waals surface area contributed by atoms with Crippen molar-refractivity contribution in [3.05, 3.63) is 12.3 Å². The zero-order valence-corrected chi connectivity index (χ0v) is 8.15. The zero-order chi connectivity index (χ0) is 9.61. The van der Waals surface area contributed by atoms with Crippen molar-refractivity contribution in [2.24, 2.45) is 0 Å². The molecular weight excluding hydrogens is 183 g/mol. The summed E-state index contributed by atoms with van der Waals surface area (Å²) in [6.07, 6.45) is 1.50. The first-order valence-electron chi connectivity index (χ1n) is 3.36. The fourth-order valence-electron chi connectivity index (χ4n) is 0.433. The van der Waals surface area contributed by atoms with E-state index in [1.807, 2.05) is 0 Å². The van der Waals surface area contributed by atoms with Gasteiger partial charge in [0.1, 0.15) is 0 Å². The number of hydrogen-bond acceptors (Lipinski definition) is 5. The van der Waals surface area contributed by atoms with Crippen molar-refractivity contribution < 1.29 is 23.2 Å². The standard InChI is InChI=1S/C6H13O5P/c1-4-5-10-12(8,9-3)11-6(2)7/h4-7H,1-3H3. The minimum atomic E-state index is -3.61. The van der Waals surface area contributed by atoms with Crippen molar-refractivity contribution in [2.75, 3.05) is 7.11 Å². The molecule has 6 heteroatoms. The van der Waals surface area contributed by atoms with Gasteiger partial charge in [0.05, 0.1) is 6.26 Å². The largest absolute Gasteiger partial charge is 0.531 e. The van der Waals surface area contributed by atoms with E-state index in [2.05, 4.69) is 13.6 Å². The number of phosphoric ester groups is 1. The van der Waals surface area contributed by atoms with Crippen molar-refractivity contribution in [1.82, 2.24) is 0 Å². The third-order valence-corrected chi connectivity index (χ3v) is 2.22. The lowest BCUT2D eigenvalue weighted by Gasteiger charge is -2.15. The van der Waals surface area contributed by atoms with Gasteiger partial charge in [-0.05, 0) is 13.8 Å². The number of rotatable bonds is 5. The van der Waals surface area contributed by atoms with E-state index in [0.717, 1.165) is 0 Å². The molecule has 0 aromatic rings. The molecule has 12 heavy (non-hydrogen) atoms. The second-order valence-electron chi connectivity index (χ2n) is 1.91. The van der Waals surface area contributed by atoms with Crippen LogP contribution in [0.1, 0.15) is 13.8 Å². The Kier molecular flexibility index (Phi) is 5.17. The highest BCUT2D eigenvalue weighted by Crippen LogP contribution is 2.49.